The number of benzene rings is 1. The quantitative estimate of drug-likeness (QED) is 0.581. The zero-order chi connectivity index (χ0) is 20.0. The summed E-state index contributed by atoms with van der Waals surface area (Å²) in [5.74, 6) is 0.144. The van der Waals surface area contributed by atoms with Crippen molar-refractivity contribution in [2.24, 2.45) is 0 Å². The molecular formula is C21H22N2O4S. The number of aromatic nitrogens is 1. The van der Waals surface area contributed by atoms with E-state index in [1.807, 2.05) is 13.0 Å². The van der Waals surface area contributed by atoms with Gasteiger partial charge in [-0.05, 0) is 42.8 Å². The highest BCUT2D eigenvalue weighted by Crippen LogP contribution is 2.16. The Labute approximate surface area is 164 Å². The summed E-state index contributed by atoms with van der Waals surface area (Å²) in [5, 5.41) is 0. The molecule has 2 heterocycles. The molecule has 1 amide bonds. The molecule has 0 bridgehead atoms. The molecule has 0 aliphatic heterocycles. The normalized spacial score (nSPS) is 11.3. The Morgan fingerprint density at radius 3 is 2.50 bits per heavy atom. The average Bonchev–Trinajstić information content (AvgIpc) is 3.20. The van der Waals surface area contributed by atoms with Crippen molar-refractivity contribution in [3.63, 3.8) is 0 Å². The van der Waals surface area contributed by atoms with Gasteiger partial charge in [-0.25, -0.2) is 8.42 Å². The van der Waals surface area contributed by atoms with Gasteiger partial charge in [-0.1, -0.05) is 23.8 Å². The van der Waals surface area contributed by atoms with E-state index in [-0.39, 0.29) is 29.5 Å². The minimum absolute atomic E-state index is 0.100. The van der Waals surface area contributed by atoms with E-state index >= 15 is 0 Å². The van der Waals surface area contributed by atoms with Crippen LogP contribution in [0, 0.1) is 6.92 Å². The van der Waals surface area contributed by atoms with E-state index in [1.54, 1.807) is 66.0 Å². The fourth-order valence-corrected chi connectivity index (χ4v) is 4.01. The van der Waals surface area contributed by atoms with Crippen molar-refractivity contribution in [1.29, 1.82) is 0 Å². The fraction of sp³-hybridized carbons (Fsp3) is 0.238. The van der Waals surface area contributed by atoms with E-state index in [9.17, 15) is 13.2 Å². The van der Waals surface area contributed by atoms with Crippen LogP contribution in [0.15, 0.2) is 76.5 Å². The largest absolute Gasteiger partial charge is 0.467 e. The molecule has 3 aromatic rings. The summed E-state index contributed by atoms with van der Waals surface area (Å²) in [6.45, 7) is 2.49. The second-order valence-electron chi connectivity index (χ2n) is 6.57. The molecule has 0 fully saturated rings. The van der Waals surface area contributed by atoms with Crippen LogP contribution in [-0.2, 0) is 27.7 Å². The summed E-state index contributed by atoms with van der Waals surface area (Å²) < 4.78 is 30.4. The van der Waals surface area contributed by atoms with Crippen LogP contribution >= 0.6 is 0 Å². The standard InChI is InChI=1S/C21H22N2O4S/c1-17-6-8-20(9-7-17)28(25,26)13-10-21(24)23(16-19-5-3-12-27-19)15-18-4-2-11-22-14-18/h2-9,11-12,14H,10,13,15-16H2,1H3. The molecule has 1 aromatic carbocycles. The highest BCUT2D eigenvalue weighted by Gasteiger charge is 2.21. The van der Waals surface area contributed by atoms with Gasteiger partial charge in [0.25, 0.3) is 0 Å². The Kier molecular flexibility index (Phi) is 6.26. The first-order valence-corrected chi connectivity index (χ1v) is 10.6. The first kappa shape index (κ1) is 19.8. The van der Waals surface area contributed by atoms with Gasteiger partial charge in [-0.3, -0.25) is 9.78 Å². The van der Waals surface area contributed by atoms with E-state index < -0.39 is 9.84 Å². The first-order valence-electron chi connectivity index (χ1n) is 8.92. The molecule has 0 aliphatic carbocycles. The molecule has 7 heteroatoms. The second kappa shape index (κ2) is 8.84. The molecule has 0 unspecified atom stereocenters. The first-order chi connectivity index (χ1) is 13.4. The number of pyridine rings is 1. The molecule has 2 aromatic heterocycles. The summed E-state index contributed by atoms with van der Waals surface area (Å²) in [5.41, 5.74) is 1.85. The molecule has 0 spiro atoms. The average molecular weight is 398 g/mol. The number of sulfone groups is 1. The van der Waals surface area contributed by atoms with Gasteiger partial charge in [0.15, 0.2) is 9.84 Å². The third kappa shape index (κ3) is 5.29. The maximum absolute atomic E-state index is 12.8. The van der Waals surface area contributed by atoms with E-state index in [4.69, 9.17) is 4.42 Å². The predicted octanol–water partition coefficient (Wildman–Crippen LogP) is 3.38. The van der Waals surface area contributed by atoms with Gasteiger partial charge in [0.2, 0.25) is 5.91 Å². The molecule has 3 rings (SSSR count). The van der Waals surface area contributed by atoms with Gasteiger partial charge in [0.05, 0.1) is 23.5 Å². The lowest BCUT2D eigenvalue weighted by atomic mass is 10.2. The summed E-state index contributed by atoms with van der Waals surface area (Å²) in [7, 11) is -3.52. The maximum atomic E-state index is 12.8. The number of amides is 1. The third-order valence-electron chi connectivity index (χ3n) is 4.34. The lowest BCUT2D eigenvalue weighted by Gasteiger charge is -2.22. The van der Waals surface area contributed by atoms with Crippen LogP contribution in [0.5, 0.6) is 0 Å². The number of hydrogen-bond acceptors (Lipinski definition) is 5. The van der Waals surface area contributed by atoms with Crippen LogP contribution in [0.1, 0.15) is 23.3 Å². The minimum atomic E-state index is -3.52. The summed E-state index contributed by atoms with van der Waals surface area (Å²) in [4.78, 5) is 18.7. The van der Waals surface area contributed by atoms with Crippen LogP contribution in [0.3, 0.4) is 0 Å². The molecule has 0 saturated heterocycles. The molecule has 0 atom stereocenters. The zero-order valence-corrected chi connectivity index (χ0v) is 16.4. The fourth-order valence-electron chi connectivity index (χ4n) is 2.78. The third-order valence-corrected chi connectivity index (χ3v) is 6.07. The number of carbonyl (C=O) groups is 1. The van der Waals surface area contributed by atoms with Crippen molar-refractivity contribution < 1.29 is 17.6 Å². The molecular weight excluding hydrogens is 376 g/mol. The highest BCUT2D eigenvalue weighted by atomic mass is 32.2. The smallest absolute Gasteiger partial charge is 0.224 e. The minimum Gasteiger partial charge on any atom is -0.467 e. The van der Waals surface area contributed by atoms with Crippen LogP contribution in [0.25, 0.3) is 0 Å². The van der Waals surface area contributed by atoms with Gasteiger partial charge in [0, 0.05) is 25.4 Å². The molecule has 0 saturated carbocycles. The van der Waals surface area contributed by atoms with Crippen LogP contribution in [0.4, 0.5) is 0 Å². The van der Waals surface area contributed by atoms with E-state index in [2.05, 4.69) is 4.98 Å². The monoisotopic (exact) mass is 398 g/mol. The summed E-state index contributed by atoms with van der Waals surface area (Å²) in [6.07, 6.45) is 4.79. The Hall–Kier alpha value is -2.93. The van der Waals surface area contributed by atoms with Gasteiger partial charge in [-0.2, -0.15) is 0 Å². The number of carbonyl (C=O) groups excluding carboxylic acids is 1. The van der Waals surface area contributed by atoms with Crippen LogP contribution in [-0.4, -0.2) is 30.0 Å². The van der Waals surface area contributed by atoms with Crippen molar-refractivity contribution in [2.75, 3.05) is 5.75 Å². The number of hydrogen-bond donors (Lipinski definition) is 0. The Morgan fingerprint density at radius 2 is 1.86 bits per heavy atom. The predicted molar refractivity (Wildman–Crippen MR) is 105 cm³/mol. The Balaban J connectivity index is 1.70. The summed E-state index contributed by atoms with van der Waals surface area (Å²) in [6, 6.07) is 13.9. The van der Waals surface area contributed by atoms with E-state index in [0.717, 1.165) is 11.1 Å². The van der Waals surface area contributed by atoms with Gasteiger partial charge < -0.3 is 9.32 Å². The second-order valence-corrected chi connectivity index (χ2v) is 8.68. The van der Waals surface area contributed by atoms with Gasteiger partial charge in [-0.15, -0.1) is 0 Å². The van der Waals surface area contributed by atoms with Gasteiger partial charge >= 0.3 is 0 Å². The lowest BCUT2D eigenvalue weighted by molar-refractivity contribution is -0.132. The summed E-state index contributed by atoms with van der Waals surface area (Å²) >= 11 is 0. The molecule has 0 radical (unpaired) electrons. The lowest BCUT2D eigenvalue weighted by Crippen LogP contribution is -2.31. The van der Waals surface area contributed by atoms with Gasteiger partial charge in [0.1, 0.15) is 5.76 Å². The van der Waals surface area contributed by atoms with Crippen molar-refractivity contribution in [3.8, 4) is 0 Å². The van der Waals surface area contributed by atoms with Crippen LogP contribution < -0.4 is 0 Å². The van der Waals surface area contributed by atoms with E-state index in [0.29, 0.717) is 12.3 Å². The molecule has 0 aliphatic rings. The highest BCUT2D eigenvalue weighted by molar-refractivity contribution is 7.91. The Morgan fingerprint density at radius 1 is 1.07 bits per heavy atom. The number of rotatable bonds is 8. The van der Waals surface area contributed by atoms with Crippen LogP contribution in [0.2, 0.25) is 0 Å². The SMILES string of the molecule is Cc1ccc(S(=O)(=O)CCC(=O)N(Cc2cccnc2)Cc2ccco2)cc1. The molecule has 0 N–H and O–H groups in total. The number of aryl methyl sites for hydroxylation is 1. The topological polar surface area (TPSA) is 80.5 Å². The van der Waals surface area contributed by atoms with Crippen molar-refractivity contribution in [1.82, 2.24) is 9.88 Å². The zero-order valence-electron chi connectivity index (χ0n) is 15.6. The van der Waals surface area contributed by atoms with Crippen molar-refractivity contribution in [3.05, 3.63) is 84.1 Å². The molecule has 6 nitrogen and oxygen atoms in total. The van der Waals surface area contributed by atoms with Crippen molar-refractivity contribution >= 4 is 15.7 Å². The number of nitrogens with zero attached hydrogens (tertiary/aromatic N) is 2. The maximum Gasteiger partial charge on any atom is 0.224 e. The van der Waals surface area contributed by atoms with Crippen molar-refractivity contribution in [2.45, 2.75) is 31.3 Å². The molecule has 28 heavy (non-hydrogen) atoms. The number of furan rings is 1. The molecule has 146 valence electrons. The Bertz CT molecular complexity index is 998. The van der Waals surface area contributed by atoms with E-state index in [1.165, 1.54) is 0 Å².